The van der Waals surface area contributed by atoms with E-state index in [1.165, 1.54) is 0 Å². The molecule has 0 amide bonds. The summed E-state index contributed by atoms with van der Waals surface area (Å²) < 4.78 is 32.5. The zero-order valence-electron chi connectivity index (χ0n) is 18.1. The molecule has 2 aromatic carbocycles. The zero-order chi connectivity index (χ0) is 23.2. The molecule has 0 aliphatic rings. The van der Waals surface area contributed by atoms with Gasteiger partial charge in [-0.15, -0.1) is 11.6 Å². The predicted octanol–water partition coefficient (Wildman–Crippen LogP) is 4.39. The van der Waals surface area contributed by atoms with E-state index in [0.717, 1.165) is 26.6 Å². The second-order valence-corrected chi connectivity index (χ2v) is 8.82. The summed E-state index contributed by atoms with van der Waals surface area (Å²) in [6, 6.07) is 14.6. The maximum atomic E-state index is 12.3. The summed E-state index contributed by atoms with van der Waals surface area (Å²) in [5.74, 6) is 6.63. The molecule has 166 valence electrons. The van der Waals surface area contributed by atoms with E-state index in [2.05, 4.69) is 6.07 Å². The monoisotopic (exact) mass is 462 g/mol. The van der Waals surface area contributed by atoms with E-state index in [0.29, 0.717) is 23.4 Å². The van der Waals surface area contributed by atoms with Crippen LogP contribution in [0.5, 0.6) is 5.75 Å². The first-order chi connectivity index (χ1) is 14.8. The maximum absolute atomic E-state index is 12.3. The van der Waals surface area contributed by atoms with Gasteiger partial charge in [-0.3, -0.25) is 0 Å². The average molecular weight is 463 g/mol. The van der Waals surface area contributed by atoms with Gasteiger partial charge in [0.25, 0.3) is 0 Å². The Morgan fingerprint density at radius 1 is 1.19 bits per heavy atom. The number of anilines is 1. The molecule has 1 aromatic heterocycles. The van der Waals surface area contributed by atoms with Crippen LogP contribution in [-0.2, 0) is 17.1 Å². The lowest BCUT2D eigenvalue weighted by Gasteiger charge is -2.19. The van der Waals surface area contributed by atoms with Crippen molar-refractivity contribution in [2.24, 2.45) is 12.9 Å². The van der Waals surface area contributed by atoms with Gasteiger partial charge in [-0.1, -0.05) is 26.0 Å². The van der Waals surface area contributed by atoms with Crippen molar-refractivity contribution in [1.29, 1.82) is 5.26 Å². The Morgan fingerprint density at radius 2 is 1.84 bits per heavy atom. The van der Waals surface area contributed by atoms with Gasteiger partial charge >= 0.3 is 0 Å². The molecule has 3 aromatic rings. The van der Waals surface area contributed by atoms with E-state index in [1.54, 1.807) is 31.4 Å². The minimum absolute atomic E-state index is 0.127. The third-order valence-corrected chi connectivity index (χ3v) is 6.63. The third-order valence-electron chi connectivity index (χ3n) is 4.75. The van der Waals surface area contributed by atoms with Crippen LogP contribution in [0.25, 0.3) is 22.2 Å². The number of methoxy groups -OCH3 is 1. The van der Waals surface area contributed by atoms with Crippen molar-refractivity contribution >= 4 is 38.2 Å². The molecule has 0 saturated heterocycles. The number of benzene rings is 2. The van der Waals surface area contributed by atoms with Crippen molar-refractivity contribution in [1.82, 2.24) is 4.57 Å². The summed E-state index contributed by atoms with van der Waals surface area (Å²) in [6.07, 6.45) is 0.320. The Balaban J connectivity index is 0.00000166. The summed E-state index contributed by atoms with van der Waals surface area (Å²) in [5, 5.41) is 10.6. The van der Waals surface area contributed by atoms with Gasteiger partial charge in [0.2, 0.25) is 10.0 Å². The predicted molar refractivity (Wildman–Crippen MR) is 127 cm³/mol. The zero-order valence-corrected chi connectivity index (χ0v) is 19.7. The summed E-state index contributed by atoms with van der Waals surface area (Å²) in [7, 11) is -0.182. The topological polar surface area (TPSA) is 101 Å². The van der Waals surface area contributed by atoms with E-state index < -0.39 is 10.0 Å². The van der Waals surface area contributed by atoms with Crippen molar-refractivity contribution in [3.05, 3.63) is 48.0 Å². The van der Waals surface area contributed by atoms with Crippen LogP contribution >= 0.6 is 11.6 Å². The molecule has 31 heavy (non-hydrogen) atoms. The van der Waals surface area contributed by atoms with Crippen LogP contribution in [0, 0.1) is 11.3 Å². The Hall–Kier alpha value is -2.73. The lowest BCUT2D eigenvalue weighted by molar-refractivity contribution is 0.415. The Bertz CT molecular complexity index is 1180. The van der Waals surface area contributed by atoms with Crippen molar-refractivity contribution in [3.8, 4) is 23.1 Å². The van der Waals surface area contributed by atoms with E-state index in [-0.39, 0.29) is 11.6 Å². The molecule has 9 heteroatoms. The lowest BCUT2D eigenvalue weighted by atomic mass is 10.1. The van der Waals surface area contributed by atoms with Crippen molar-refractivity contribution in [2.45, 2.75) is 20.3 Å². The van der Waals surface area contributed by atoms with Gasteiger partial charge in [-0.05, 0) is 36.2 Å². The van der Waals surface area contributed by atoms with Crippen molar-refractivity contribution in [2.75, 3.05) is 23.2 Å². The van der Waals surface area contributed by atoms with Crippen LogP contribution in [0.4, 0.5) is 5.69 Å². The van der Waals surface area contributed by atoms with E-state index in [4.69, 9.17) is 22.2 Å². The second kappa shape index (κ2) is 10.5. The number of aryl methyl sites for hydroxylation is 1. The molecule has 2 N–H and O–H groups in total. The second-order valence-electron chi connectivity index (χ2n) is 6.48. The first-order valence-electron chi connectivity index (χ1n) is 9.84. The molecule has 0 aliphatic carbocycles. The number of nitriles is 1. The van der Waals surface area contributed by atoms with Crippen LogP contribution in [0.15, 0.2) is 42.5 Å². The smallest absolute Gasteiger partial charge is 0.248 e. The summed E-state index contributed by atoms with van der Waals surface area (Å²) in [5.41, 5.74) is 3.24. The van der Waals surface area contributed by atoms with E-state index in [1.807, 2.05) is 43.7 Å². The van der Waals surface area contributed by atoms with E-state index in [9.17, 15) is 13.7 Å². The van der Waals surface area contributed by atoms with Gasteiger partial charge in [-0.25, -0.2) is 18.7 Å². The first kappa shape index (κ1) is 24.5. The number of nitrogens with two attached hydrogens (primary N) is 1. The van der Waals surface area contributed by atoms with Gasteiger partial charge in [-0.2, -0.15) is 5.26 Å². The number of nitrogens with zero attached hydrogens (tertiary/aromatic N) is 3. The molecule has 1 heterocycles. The standard InChI is InChI=1S/C20H21ClN4O3S.C2H6/c1-24-19-12-16(28-2)8-9-17(19)18(13-22)20(24)14-4-6-15(7-5-14)25(23)29(26,27)11-3-10-21;1-2/h4-9,12H,3,10-11,23H2,1-2H3;1-2H3. The van der Waals surface area contributed by atoms with Gasteiger partial charge < -0.3 is 9.30 Å². The minimum atomic E-state index is -3.65. The number of ether oxygens (including phenoxy) is 1. The fourth-order valence-corrected chi connectivity index (χ4v) is 4.70. The molecule has 0 fully saturated rings. The van der Waals surface area contributed by atoms with Crippen LogP contribution in [0.1, 0.15) is 25.8 Å². The number of hydrogen-bond acceptors (Lipinski definition) is 5. The van der Waals surface area contributed by atoms with Crippen LogP contribution in [0.2, 0.25) is 0 Å². The molecule has 7 nitrogen and oxygen atoms in total. The molecule has 0 spiro atoms. The number of aromatic nitrogens is 1. The first-order valence-corrected chi connectivity index (χ1v) is 12.0. The lowest BCUT2D eigenvalue weighted by Crippen LogP contribution is -2.39. The number of alkyl halides is 1. The molecule has 0 unspecified atom stereocenters. The number of hydrogen-bond donors (Lipinski definition) is 1. The molecular weight excluding hydrogens is 436 g/mol. The quantitative estimate of drug-likeness (QED) is 0.318. The number of sulfonamides is 1. The summed E-state index contributed by atoms with van der Waals surface area (Å²) >= 11 is 5.58. The number of fused-ring (bicyclic) bond motifs is 1. The number of hydrazine groups is 1. The highest BCUT2D eigenvalue weighted by atomic mass is 35.5. The van der Waals surface area contributed by atoms with Crippen molar-refractivity contribution < 1.29 is 13.2 Å². The molecule has 0 aliphatic heterocycles. The van der Waals surface area contributed by atoms with Crippen LogP contribution in [0.3, 0.4) is 0 Å². The molecule has 0 saturated carbocycles. The molecular formula is C22H27ClN4O3S. The van der Waals surface area contributed by atoms with Gasteiger partial charge in [0, 0.05) is 24.4 Å². The Morgan fingerprint density at radius 3 is 2.39 bits per heavy atom. The highest BCUT2D eigenvalue weighted by Crippen LogP contribution is 2.35. The fraction of sp³-hybridized carbons (Fsp3) is 0.318. The van der Waals surface area contributed by atoms with Crippen LogP contribution < -0.4 is 15.0 Å². The largest absolute Gasteiger partial charge is 0.497 e. The van der Waals surface area contributed by atoms with Gasteiger partial charge in [0.05, 0.1) is 35.3 Å². The Kier molecular flexibility index (Phi) is 8.34. The number of halogens is 1. The normalized spacial score (nSPS) is 10.9. The fourth-order valence-electron chi connectivity index (χ4n) is 3.26. The van der Waals surface area contributed by atoms with Gasteiger partial charge in [0.1, 0.15) is 11.8 Å². The minimum Gasteiger partial charge on any atom is -0.497 e. The molecule has 0 atom stereocenters. The third kappa shape index (κ3) is 4.96. The maximum Gasteiger partial charge on any atom is 0.248 e. The highest BCUT2D eigenvalue weighted by molar-refractivity contribution is 7.92. The van der Waals surface area contributed by atoms with E-state index >= 15 is 0 Å². The summed E-state index contributed by atoms with van der Waals surface area (Å²) in [6.45, 7) is 4.00. The summed E-state index contributed by atoms with van der Waals surface area (Å²) in [4.78, 5) is 0. The van der Waals surface area contributed by atoms with Crippen molar-refractivity contribution in [3.63, 3.8) is 0 Å². The van der Waals surface area contributed by atoms with Crippen LogP contribution in [-0.4, -0.2) is 31.7 Å². The SMILES string of the molecule is CC.COc1ccc2c(C#N)c(-c3ccc(N(N)S(=O)(=O)CCCCl)cc3)n(C)c2c1. The Labute approximate surface area is 188 Å². The molecule has 3 rings (SSSR count). The average Bonchev–Trinajstić information content (AvgIpc) is 3.09. The van der Waals surface area contributed by atoms with Gasteiger partial charge in [0.15, 0.2) is 0 Å². The highest BCUT2D eigenvalue weighted by Gasteiger charge is 2.20. The molecule has 0 bridgehead atoms. The molecule has 0 radical (unpaired) electrons. The number of rotatable bonds is 7.